The van der Waals surface area contributed by atoms with Gasteiger partial charge in [-0.1, -0.05) is 18.2 Å². The number of esters is 1. The lowest BCUT2D eigenvalue weighted by Crippen LogP contribution is -2.28. The molecule has 1 heterocycles. The molecule has 0 aliphatic carbocycles. The Labute approximate surface area is 175 Å². The summed E-state index contributed by atoms with van der Waals surface area (Å²) in [5.41, 5.74) is -0.758. The topological polar surface area (TPSA) is 99.5 Å². The highest BCUT2D eigenvalue weighted by atomic mass is 19.1. The van der Waals surface area contributed by atoms with Crippen molar-refractivity contribution in [1.82, 2.24) is 9.78 Å². The number of nitrogens with one attached hydrogen (secondary N) is 1. The summed E-state index contributed by atoms with van der Waals surface area (Å²) < 4.78 is 37.7. The van der Waals surface area contributed by atoms with E-state index in [-0.39, 0.29) is 24.5 Å². The standard InChI is InChI=1S/C21H17F2N3O5/c22-14-10-15(23)12-16(11-14)24-19(27)13-31-21(29)18-6-7-20(28)26(25-18)8-9-30-17-4-2-1-3-5-17/h1-7,10-12H,8-9,13H2,(H,24,27). The van der Waals surface area contributed by atoms with Crippen LogP contribution in [0.5, 0.6) is 5.75 Å². The zero-order valence-electron chi connectivity index (χ0n) is 16.1. The van der Waals surface area contributed by atoms with E-state index in [0.717, 1.165) is 22.9 Å². The van der Waals surface area contributed by atoms with Gasteiger partial charge in [0, 0.05) is 17.8 Å². The fraction of sp³-hybridized carbons (Fsp3) is 0.143. The van der Waals surface area contributed by atoms with Gasteiger partial charge in [0.1, 0.15) is 24.0 Å². The van der Waals surface area contributed by atoms with Gasteiger partial charge in [-0.05, 0) is 30.3 Å². The van der Waals surface area contributed by atoms with Crippen LogP contribution in [0, 0.1) is 11.6 Å². The molecule has 0 aliphatic heterocycles. The largest absolute Gasteiger partial charge is 0.492 e. The van der Waals surface area contributed by atoms with E-state index < -0.39 is 35.7 Å². The summed E-state index contributed by atoms with van der Waals surface area (Å²) in [6, 6.07) is 13.7. The molecule has 0 bridgehead atoms. The Morgan fingerprint density at radius 3 is 2.42 bits per heavy atom. The van der Waals surface area contributed by atoms with E-state index in [1.165, 1.54) is 6.07 Å². The van der Waals surface area contributed by atoms with Crippen LogP contribution < -0.4 is 15.6 Å². The first kappa shape index (κ1) is 21.6. The molecule has 160 valence electrons. The highest BCUT2D eigenvalue weighted by Gasteiger charge is 2.14. The van der Waals surface area contributed by atoms with E-state index in [1.807, 2.05) is 6.07 Å². The first-order valence-corrected chi connectivity index (χ1v) is 9.10. The molecule has 3 rings (SSSR count). The molecule has 31 heavy (non-hydrogen) atoms. The van der Waals surface area contributed by atoms with Gasteiger partial charge in [-0.15, -0.1) is 0 Å². The summed E-state index contributed by atoms with van der Waals surface area (Å²) in [6.45, 7) is -0.489. The second-order valence-corrected chi connectivity index (χ2v) is 6.22. The Morgan fingerprint density at radius 2 is 1.71 bits per heavy atom. The Bertz CT molecular complexity index is 1120. The van der Waals surface area contributed by atoms with Crippen LogP contribution in [0.1, 0.15) is 10.5 Å². The fourth-order valence-corrected chi connectivity index (χ4v) is 2.51. The normalized spacial score (nSPS) is 10.4. The summed E-state index contributed by atoms with van der Waals surface area (Å²) in [5.74, 6) is -2.86. The Hall–Kier alpha value is -4.08. The van der Waals surface area contributed by atoms with Crippen molar-refractivity contribution >= 4 is 17.6 Å². The second kappa shape index (κ2) is 10.1. The Morgan fingerprint density at radius 1 is 1.00 bits per heavy atom. The van der Waals surface area contributed by atoms with Gasteiger partial charge in [-0.3, -0.25) is 9.59 Å². The first-order valence-electron chi connectivity index (χ1n) is 9.10. The zero-order valence-corrected chi connectivity index (χ0v) is 16.1. The number of aromatic nitrogens is 2. The third-order valence-electron chi connectivity index (χ3n) is 3.87. The lowest BCUT2D eigenvalue weighted by atomic mass is 10.3. The molecule has 8 nitrogen and oxygen atoms in total. The van der Waals surface area contributed by atoms with E-state index in [9.17, 15) is 23.2 Å². The number of carbonyl (C=O) groups is 2. The number of anilines is 1. The van der Waals surface area contributed by atoms with Crippen LogP contribution >= 0.6 is 0 Å². The molecule has 0 saturated heterocycles. The number of hydrogen-bond donors (Lipinski definition) is 1. The Balaban J connectivity index is 1.54. The van der Waals surface area contributed by atoms with Crippen molar-refractivity contribution in [1.29, 1.82) is 0 Å². The molecule has 1 amide bonds. The van der Waals surface area contributed by atoms with Gasteiger partial charge in [-0.2, -0.15) is 5.10 Å². The van der Waals surface area contributed by atoms with Crippen LogP contribution in [0.2, 0.25) is 0 Å². The van der Waals surface area contributed by atoms with Gasteiger partial charge >= 0.3 is 5.97 Å². The van der Waals surface area contributed by atoms with Crippen molar-refractivity contribution in [2.75, 3.05) is 18.5 Å². The maximum Gasteiger partial charge on any atom is 0.359 e. The predicted octanol–water partition coefficient (Wildman–Crippen LogP) is 2.40. The van der Waals surface area contributed by atoms with Crippen molar-refractivity contribution in [3.8, 4) is 5.75 Å². The number of rotatable bonds is 8. The Kier molecular flexibility index (Phi) is 7.05. The third-order valence-corrected chi connectivity index (χ3v) is 3.87. The number of benzene rings is 2. The molecule has 0 aliphatic rings. The van der Waals surface area contributed by atoms with Gasteiger partial charge < -0.3 is 14.8 Å². The van der Waals surface area contributed by atoms with E-state index in [1.54, 1.807) is 24.3 Å². The highest BCUT2D eigenvalue weighted by Crippen LogP contribution is 2.12. The third kappa shape index (κ3) is 6.46. The predicted molar refractivity (Wildman–Crippen MR) is 106 cm³/mol. The molecule has 10 heteroatoms. The summed E-state index contributed by atoms with van der Waals surface area (Å²) in [4.78, 5) is 35.9. The van der Waals surface area contributed by atoms with Crippen LogP contribution in [-0.4, -0.2) is 34.9 Å². The van der Waals surface area contributed by atoms with Crippen LogP contribution in [0.4, 0.5) is 14.5 Å². The number of ether oxygens (including phenoxy) is 2. The van der Waals surface area contributed by atoms with Crippen molar-refractivity contribution in [2.24, 2.45) is 0 Å². The molecular formula is C21H17F2N3O5. The van der Waals surface area contributed by atoms with Crippen molar-refractivity contribution in [3.63, 3.8) is 0 Å². The van der Waals surface area contributed by atoms with Crippen LogP contribution in [0.15, 0.2) is 65.5 Å². The van der Waals surface area contributed by atoms with Crippen LogP contribution in [0.3, 0.4) is 0 Å². The van der Waals surface area contributed by atoms with Gasteiger partial charge in [0.05, 0.1) is 6.54 Å². The molecule has 0 fully saturated rings. The smallest absolute Gasteiger partial charge is 0.359 e. The first-order chi connectivity index (χ1) is 14.9. The SMILES string of the molecule is O=C(COC(=O)c1ccc(=O)n(CCOc2ccccc2)n1)Nc1cc(F)cc(F)c1. The highest BCUT2D eigenvalue weighted by molar-refractivity contribution is 5.94. The van der Waals surface area contributed by atoms with Crippen LogP contribution in [0.25, 0.3) is 0 Å². The summed E-state index contributed by atoms with van der Waals surface area (Å²) in [7, 11) is 0. The second-order valence-electron chi connectivity index (χ2n) is 6.22. The zero-order chi connectivity index (χ0) is 22.2. The van der Waals surface area contributed by atoms with Gasteiger partial charge in [0.15, 0.2) is 12.3 Å². The molecule has 1 aromatic heterocycles. The average Bonchev–Trinajstić information content (AvgIpc) is 2.73. The lowest BCUT2D eigenvalue weighted by molar-refractivity contribution is -0.119. The molecule has 0 spiro atoms. The summed E-state index contributed by atoms with van der Waals surface area (Å²) >= 11 is 0. The van der Waals surface area contributed by atoms with Crippen molar-refractivity contribution < 1.29 is 27.8 Å². The number of para-hydroxylation sites is 1. The molecule has 0 radical (unpaired) electrons. The van der Waals surface area contributed by atoms with Gasteiger partial charge in [0.2, 0.25) is 0 Å². The quantitative estimate of drug-likeness (QED) is 0.552. The maximum atomic E-state index is 13.1. The van der Waals surface area contributed by atoms with Crippen LogP contribution in [-0.2, 0) is 16.1 Å². The molecule has 0 unspecified atom stereocenters. The number of halogens is 2. The monoisotopic (exact) mass is 429 g/mol. The summed E-state index contributed by atoms with van der Waals surface area (Å²) in [5, 5.41) is 6.11. The van der Waals surface area contributed by atoms with E-state index in [2.05, 4.69) is 10.4 Å². The minimum Gasteiger partial charge on any atom is -0.492 e. The number of carbonyl (C=O) groups excluding carboxylic acids is 2. The lowest BCUT2D eigenvalue weighted by Gasteiger charge is -2.09. The van der Waals surface area contributed by atoms with Gasteiger partial charge in [-0.25, -0.2) is 18.3 Å². The molecule has 2 aromatic carbocycles. The molecular weight excluding hydrogens is 412 g/mol. The van der Waals surface area contributed by atoms with Gasteiger partial charge in [0.25, 0.3) is 11.5 Å². The molecule has 3 aromatic rings. The van der Waals surface area contributed by atoms with Crippen molar-refractivity contribution in [3.05, 3.63) is 88.3 Å². The molecule has 0 atom stereocenters. The van der Waals surface area contributed by atoms with E-state index >= 15 is 0 Å². The minimum atomic E-state index is -0.946. The summed E-state index contributed by atoms with van der Waals surface area (Å²) in [6.07, 6.45) is 0. The number of hydrogen-bond acceptors (Lipinski definition) is 6. The number of amides is 1. The molecule has 1 N–H and O–H groups in total. The van der Waals surface area contributed by atoms with Crippen molar-refractivity contribution in [2.45, 2.75) is 6.54 Å². The van der Waals surface area contributed by atoms with E-state index in [0.29, 0.717) is 11.8 Å². The minimum absolute atomic E-state index is 0.0838. The average molecular weight is 429 g/mol. The molecule has 0 saturated carbocycles. The maximum absolute atomic E-state index is 13.1. The number of nitrogens with zero attached hydrogens (tertiary/aromatic N) is 2. The fourth-order valence-electron chi connectivity index (χ4n) is 2.51. The van der Waals surface area contributed by atoms with E-state index in [4.69, 9.17) is 9.47 Å².